The standard InChI is InChI=1S/C28H30FN3O4/c1-19-13-15-20(16-14-19)26(28(35)31-21-8-3-2-4-9-21)32(23-11-6-5-10-22(23)29)25(33)18-30-27(34)24-12-7-17-36-24/h5-7,10-17,21,26H,2-4,8-9,18H2,1H3,(H,30,34)(H,31,35)/t26-/m0/s1. The predicted molar refractivity (Wildman–Crippen MR) is 134 cm³/mol. The number of para-hydroxylation sites is 1. The van der Waals surface area contributed by atoms with Gasteiger partial charge in [0.2, 0.25) is 11.8 Å². The van der Waals surface area contributed by atoms with Gasteiger partial charge in [0.25, 0.3) is 5.91 Å². The van der Waals surface area contributed by atoms with Crippen LogP contribution in [0.4, 0.5) is 10.1 Å². The van der Waals surface area contributed by atoms with Gasteiger partial charge in [-0.1, -0.05) is 61.2 Å². The van der Waals surface area contributed by atoms with Crippen molar-refractivity contribution in [3.8, 4) is 0 Å². The second-order valence-electron chi connectivity index (χ2n) is 9.03. The van der Waals surface area contributed by atoms with Gasteiger partial charge in [-0.15, -0.1) is 0 Å². The summed E-state index contributed by atoms with van der Waals surface area (Å²) in [6, 6.07) is 14.9. The number of hydrogen-bond donors (Lipinski definition) is 2. The number of nitrogens with zero attached hydrogens (tertiary/aromatic N) is 1. The largest absolute Gasteiger partial charge is 0.459 e. The summed E-state index contributed by atoms with van der Waals surface area (Å²) in [5, 5.41) is 5.60. The predicted octanol–water partition coefficient (Wildman–Crippen LogP) is 4.68. The fourth-order valence-corrected chi connectivity index (χ4v) is 4.49. The number of hydrogen-bond acceptors (Lipinski definition) is 4. The molecule has 7 nitrogen and oxygen atoms in total. The maximum Gasteiger partial charge on any atom is 0.287 e. The molecule has 188 valence electrons. The molecule has 3 aromatic rings. The number of nitrogens with one attached hydrogen (secondary N) is 2. The van der Waals surface area contributed by atoms with E-state index in [1.165, 1.54) is 30.5 Å². The Hall–Kier alpha value is -3.94. The number of rotatable bonds is 8. The first-order chi connectivity index (χ1) is 17.4. The second kappa shape index (κ2) is 11.7. The van der Waals surface area contributed by atoms with E-state index in [4.69, 9.17) is 4.42 Å². The van der Waals surface area contributed by atoms with E-state index in [1.807, 2.05) is 19.1 Å². The number of furan rings is 1. The number of amides is 3. The molecule has 0 saturated heterocycles. The van der Waals surface area contributed by atoms with Crippen molar-refractivity contribution in [2.45, 2.75) is 51.1 Å². The molecule has 0 bridgehead atoms. The van der Waals surface area contributed by atoms with Gasteiger partial charge in [-0.3, -0.25) is 19.3 Å². The highest BCUT2D eigenvalue weighted by molar-refractivity contribution is 6.04. The van der Waals surface area contributed by atoms with E-state index in [2.05, 4.69) is 10.6 Å². The van der Waals surface area contributed by atoms with Crippen LogP contribution in [0.1, 0.15) is 59.8 Å². The molecule has 0 spiro atoms. The van der Waals surface area contributed by atoms with E-state index in [0.29, 0.717) is 5.56 Å². The summed E-state index contributed by atoms with van der Waals surface area (Å²) in [7, 11) is 0. The van der Waals surface area contributed by atoms with Crippen LogP contribution in [-0.4, -0.2) is 30.3 Å². The maximum atomic E-state index is 15.1. The van der Waals surface area contributed by atoms with Crippen molar-refractivity contribution in [3.05, 3.63) is 89.6 Å². The minimum atomic E-state index is -1.13. The molecule has 0 unspecified atom stereocenters. The molecule has 1 fully saturated rings. The molecule has 3 amide bonds. The molecule has 1 atom stereocenters. The quantitative estimate of drug-likeness (QED) is 0.479. The first-order valence-corrected chi connectivity index (χ1v) is 12.2. The first-order valence-electron chi connectivity index (χ1n) is 12.2. The minimum absolute atomic E-state index is 0.00424. The molecule has 1 aliphatic rings. The smallest absolute Gasteiger partial charge is 0.287 e. The van der Waals surface area contributed by atoms with Gasteiger partial charge >= 0.3 is 0 Å². The summed E-state index contributed by atoms with van der Waals surface area (Å²) in [5.41, 5.74) is 1.49. The normalized spacial score (nSPS) is 14.6. The fourth-order valence-electron chi connectivity index (χ4n) is 4.49. The Bertz CT molecular complexity index is 1190. The van der Waals surface area contributed by atoms with Crippen molar-refractivity contribution in [1.29, 1.82) is 0 Å². The lowest BCUT2D eigenvalue weighted by molar-refractivity contribution is -0.127. The van der Waals surface area contributed by atoms with Crippen molar-refractivity contribution in [3.63, 3.8) is 0 Å². The zero-order chi connectivity index (χ0) is 25.5. The fraction of sp³-hybridized carbons (Fsp3) is 0.321. The Kier molecular flexibility index (Phi) is 8.15. The molecule has 1 saturated carbocycles. The zero-order valence-electron chi connectivity index (χ0n) is 20.2. The summed E-state index contributed by atoms with van der Waals surface area (Å²) in [6.07, 6.45) is 6.25. The molecule has 2 N–H and O–H groups in total. The lowest BCUT2D eigenvalue weighted by atomic mass is 9.94. The highest BCUT2D eigenvalue weighted by Gasteiger charge is 2.35. The van der Waals surface area contributed by atoms with Gasteiger partial charge in [0.1, 0.15) is 11.9 Å². The van der Waals surface area contributed by atoms with Crippen LogP contribution in [0.5, 0.6) is 0 Å². The Morgan fingerprint density at radius 2 is 1.72 bits per heavy atom. The molecule has 4 rings (SSSR count). The molecule has 1 aromatic heterocycles. The summed E-state index contributed by atoms with van der Waals surface area (Å²) < 4.78 is 20.1. The van der Waals surface area contributed by atoms with Gasteiger partial charge in [-0.05, 0) is 49.6 Å². The number of halogens is 1. The van der Waals surface area contributed by atoms with Crippen LogP contribution in [0, 0.1) is 12.7 Å². The zero-order valence-corrected chi connectivity index (χ0v) is 20.2. The van der Waals surface area contributed by atoms with Crippen molar-refractivity contribution < 1.29 is 23.2 Å². The highest BCUT2D eigenvalue weighted by atomic mass is 19.1. The maximum absolute atomic E-state index is 15.1. The molecule has 2 aromatic carbocycles. The average molecular weight is 492 g/mol. The van der Waals surface area contributed by atoms with E-state index in [1.54, 1.807) is 24.3 Å². The molecule has 1 heterocycles. The SMILES string of the molecule is Cc1ccc([C@@H](C(=O)NC2CCCCC2)N(C(=O)CNC(=O)c2ccco2)c2ccccc2F)cc1. The summed E-state index contributed by atoms with van der Waals surface area (Å²) in [6.45, 7) is 1.47. The first kappa shape index (κ1) is 25.2. The van der Waals surface area contributed by atoms with Crippen molar-refractivity contribution in [1.82, 2.24) is 10.6 Å². The number of aryl methyl sites for hydroxylation is 1. The van der Waals surface area contributed by atoms with E-state index >= 15 is 4.39 Å². The third-order valence-electron chi connectivity index (χ3n) is 6.38. The molecular weight excluding hydrogens is 461 g/mol. The van der Waals surface area contributed by atoms with Gasteiger partial charge in [0.05, 0.1) is 18.5 Å². The third-order valence-corrected chi connectivity index (χ3v) is 6.38. The average Bonchev–Trinajstić information content (AvgIpc) is 3.43. The number of carbonyl (C=O) groups excluding carboxylic acids is 3. The van der Waals surface area contributed by atoms with Crippen LogP contribution in [-0.2, 0) is 9.59 Å². The van der Waals surface area contributed by atoms with E-state index in [0.717, 1.165) is 42.6 Å². The molecule has 1 aliphatic carbocycles. The Balaban J connectivity index is 1.68. The topological polar surface area (TPSA) is 91.7 Å². The van der Waals surface area contributed by atoms with Crippen molar-refractivity contribution >= 4 is 23.4 Å². The Morgan fingerprint density at radius 3 is 2.39 bits per heavy atom. The van der Waals surface area contributed by atoms with Crippen LogP contribution in [0.2, 0.25) is 0 Å². The van der Waals surface area contributed by atoms with Gasteiger partial charge in [-0.25, -0.2) is 4.39 Å². The molecule has 36 heavy (non-hydrogen) atoms. The molecular formula is C28H30FN3O4. The number of carbonyl (C=O) groups is 3. The van der Waals surface area contributed by atoms with E-state index < -0.39 is 30.2 Å². The van der Waals surface area contributed by atoms with E-state index in [9.17, 15) is 14.4 Å². The van der Waals surface area contributed by atoms with Crippen molar-refractivity contribution in [2.75, 3.05) is 11.4 Å². The summed E-state index contributed by atoms with van der Waals surface area (Å²) in [4.78, 5) is 40.8. The lowest BCUT2D eigenvalue weighted by Gasteiger charge is -2.33. The number of benzene rings is 2. The van der Waals surface area contributed by atoms with Crippen LogP contribution in [0.25, 0.3) is 0 Å². The lowest BCUT2D eigenvalue weighted by Crippen LogP contribution is -2.50. The highest BCUT2D eigenvalue weighted by Crippen LogP contribution is 2.31. The Morgan fingerprint density at radius 1 is 1.00 bits per heavy atom. The molecule has 0 radical (unpaired) electrons. The van der Waals surface area contributed by atoms with Crippen LogP contribution >= 0.6 is 0 Å². The molecule has 0 aliphatic heterocycles. The monoisotopic (exact) mass is 491 g/mol. The summed E-state index contributed by atoms with van der Waals surface area (Å²) >= 11 is 0. The van der Waals surface area contributed by atoms with Gasteiger partial charge in [-0.2, -0.15) is 0 Å². The van der Waals surface area contributed by atoms with E-state index in [-0.39, 0.29) is 23.4 Å². The third kappa shape index (κ3) is 6.00. The Labute approximate surface area is 209 Å². The molecule has 8 heteroatoms. The van der Waals surface area contributed by atoms with Crippen molar-refractivity contribution in [2.24, 2.45) is 0 Å². The van der Waals surface area contributed by atoms with Gasteiger partial charge < -0.3 is 15.1 Å². The number of anilines is 1. The minimum Gasteiger partial charge on any atom is -0.459 e. The van der Waals surface area contributed by atoms with Gasteiger partial charge in [0, 0.05) is 6.04 Å². The van der Waals surface area contributed by atoms with Crippen LogP contribution < -0.4 is 15.5 Å². The van der Waals surface area contributed by atoms with Crippen LogP contribution in [0.3, 0.4) is 0 Å². The summed E-state index contributed by atoms with van der Waals surface area (Å²) in [5.74, 6) is -2.21. The van der Waals surface area contributed by atoms with Gasteiger partial charge in [0.15, 0.2) is 5.76 Å². The van der Waals surface area contributed by atoms with Crippen LogP contribution in [0.15, 0.2) is 71.3 Å². The second-order valence-corrected chi connectivity index (χ2v) is 9.03.